The Balaban J connectivity index is 2.41. The highest BCUT2D eigenvalue weighted by molar-refractivity contribution is 9.10. The van der Waals surface area contributed by atoms with Crippen LogP contribution in [0.4, 0.5) is 5.82 Å². The molecule has 0 spiro atoms. The molecule has 0 atom stereocenters. The summed E-state index contributed by atoms with van der Waals surface area (Å²) < 4.78 is 27.2. The quantitative estimate of drug-likeness (QED) is 0.911. The molecule has 0 aliphatic heterocycles. The lowest BCUT2D eigenvalue weighted by Gasteiger charge is -2.09. The number of benzene rings is 1. The molecule has 0 bridgehead atoms. The first-order valence-corrected chi connectivity index (χ1v) is 7.81. The van der Waals surface area contributed by atoms with Gasteiger partial charge in [0, 0.05) is 16.9 Å². The van der Waals surface area contributed by atoms with Gasteiger partial charge in [0.1, 0.15) is 4.90 Å². The maximum absolute atomic E-state index is 12.2. The number of aryl methyl sites for hydroxylation is 1. The average molecular weight is 363 g/mol. The van der Waals surface area contributed by atoms with Gasteiger partial charge in [-0.2, -0.15) is 0 Å². The van der Waals surface area contributed by atoms with Crippen molar-refractivity contribution in [2.45, 2.75) is 11.8 Å². The average Bonchev–Trinajstić information content (AvgIpc) is 2.31. The molecule has 1 heterocycles. The van der Waals surface area contributed by atoms with Crippen LogP contribution in [0.5, 0.6) is 0 Å². The summed E-state index contributed by atoms with van der Waals surface area (Å²) in [7, 11) is -3.77. The number of aromatic nitrogens is 2. The molecule has 0 saturated carbocycles. The van der Waals surface area contributed by atoms with Crippen molar-refractivity contribution in [3.8, 4) is 0 Å². The van der Waals surface area contributed by atoms with Crippen LogP contribution in [-0.2, 0) is 10.0 Å². The van der Waals surface area contributed by atoms with Gasteiger partial charge in [-0.25, -0.2) is 18.4 Å². The van der Waals surface area contributed by atoms with Gasteiger partial charge in [-0.3, -0.25) is 4.72 Å². The van der Waals surface area contributed by atoms with E-state index in [-0.39, 0.29) is 15.9 Å². The lowest BCUT2D eigenvalue weighted by atomic mass is 10.2. The second-order valence-electron chi connectivity index (χ2n) is 3.74. The molecule has 0 aliphatic carbocycles. The Hall–Kier alpha value is -1.18. The number of sulfonamides is 1. The van der Waals surface area contributed by atoms with Gasteiger partial charge in [-0.1, -0.05) is 17.7 Å². The zero-order valence-electron chi connectivity index (χ0n) is 9.76. The van der Waals surface area contributed by atoms with Gasteiger partial charge in [0.15, 0.2) is 11.0 Å². The van der Waals surface area contributed by atoms with Crippen LogP contribution < -0.4 is 4.72 Å². The molecule has 100 valence electrons. The number of halogens is 2. The molecule has 1 N–H and O–H groups in total. The van der Waals surface area contributed by atoms with E-state index in [9.17, 15) is 8.42 Å². The van der Waals surface area contributed by atoms with Crippen molar-refractivity contribution in [2.24, 2.45) is 0 Å². The molecule has 8 heteroatoms. The van der Waals surface area contributed by atoms with E-state index in [2.05, 4.69) is 30.6 Å². The summed E-state index contributed by atoms with van der Waals surface area (Å²) in [6, 6.07) is 4.93. The minimum atomic E-state index is -3.77. The standard InChI is InChI=1S/C11H9BrClN3O2S/c1-7-2-3-9(8(12)6-7)19(17,18)16-11-10(13)14-4-5-15-11/h2-6H,1H3,(H,15,16). The molecule has 0 radical (unpaired) electrons. The predicted molar refractivity (Wildman–Crippen MR) is 76.7 cm³/mol. The Bertz CT molecular complexity index is 722. The topological polar surface area (TPSA) is 72.0 Å². The molecule has 0 saturated heterocycles. The first kappa shape index (κ1) is 14.2. The van der Waals surface area contributed by atoms with Crippen molar-refractivity contribution in [3.05, 3.63) is 45.8 Å². The summed E-state index contributed by atoms with van der Waals surface area (Å²) in [5, 5.41) is -0.00527. The van der Waals surface area contributed by atoms with Crippen LogP contribution in [0.2, 0.25) is 5.15 Å². The maximum Gasteiger partial charge on any atom is 0.264 e. The normalized spacial score (nSPS) is 11.3. The molecule has 0 unspecified atom stereocenters. The Labute approximate surface area is 124 Å². The summed E-state index contributed by atoms with van der Waals surface area (Å²) in [5.41, 5.74) is 0.948. The molecule has 0 aliphatic rings. The number of nitrogens with one attached hydrogen (secondary N) is 1. The molecule has 5 nitrogen and oxygen atoms in total. The van der Waals surface area contributed by atoms with Gasteiger partial charge in [-0.05, 0) is 40.5 Å². The van der Waals surface area contributed by atoms with E-state index < -0.39 is 10.0 Å². The fraction of sp³-hybridized carbons (Fsp3) is 0.0909. The minimum absolute atomic E-state index is 0.00311. The lowest BCUT2D eigenvalue weighted by molar-refractivity contribution is 0.600. The molecule has 0 fully saturated rings. The third-order valence-corrected chi connectivity index (χ3v) is 4.85. The predicted octanol–water partition coefficient (Wildman–Crippen LogP) is 3.00. The van der Waals surface area contributed by atoms with Gasteiger partial charge in [-0.15, -0.1) is 0 Å². The second-order valence-corrected chi connectivity index (χ2v) is 6.60. The summed E-state index contributed by atoms with van der Waals surface area (Å²) in [5.74, 6) is -0.00311. The zero-order chi connectivity index (χ0) is 14.0. The number of rotatable bonds is 3. The minimum Gasteiger partial charge on any atom is -0.261 e. The number of nitrogens with zero attached hydrogens (tertiary/aromatic N) is 2. The Morgan fingerprint density at radius 3 is 2.58 bits per heavy atom. The summed E-state index contributed by atoms with van der Waals surface area (Å²) >= 11 is 9.00. The van der Waals surface area contributed by atoms with Crippen LogP contribution in [0, 0.1) is 6.92 Å². The third-order valence-electron chi connectivity index (χ3n) is 2.26. The van der Waals surface area contributed by atoms with Crippen molar-refractivity contribution in [2.75, 3.05) is 4.72 Å². The van der Waals surface area contributed by atoms with Crippen LogP contribution in [0.1, 0.15) is 5.56 Å². The molecular formula is C11H9BrClN3O2S. The van der Waals surface area contributed by atoms with Crippen LogP contribution >= 0.6 is 27.5 Å². The fourth-order valence-corrected chi connectivity index (χ4v) is 3.81. The monoisotopic (exact) mass is 361 g/mol. The van der Waals surface area contributed by atoms with E-state index in [1.54, 1.807) is 12.1 Å². The van der Waals surface area contributed by atoms with Crippen molar-refractivity contribution < 1.29 is 8.42 Å². The molecular weight excluding hydrogens is 354 g/mol. The Morgan fingerprint density at radius 2 is 1.95 bits per heavy atom. The van der Waals surface area contributed by atoms with Crippen LogP contribution in [0.25, 0.3) is 0 Å². The summed E-state index contributed by atoms with van der Waals surface area (Å²) in [6.45, 7) is 1.87. The first-order valence-electron chi connectivity index (χ1n) is 5.15. The first-order chi connectivity index (χ1) is 8.90. The van der Waals surface area contributed by atoms with Gasteiger partial charge < -0.3 is 0 Å². The van der Waals surface area contributed by atoms with Crippen molar-refractivity contribution in [3.63, 3.8) is 0 Å². The van der Waals surface area contributed by atoms with E-state index in [1.807, 2.05) is 6.92 Å². The molecule has 2 aromatic rings. The fourth-order valence-electron chi connectivity index (χ4n) is 1.40. The molecule has 1 aromatic carbocycles. The highest BCUT2D eigenvalue weighted by Gasteiger charge is 2.19. The molecule has 1 aromatic heterocycles. The van der Waals surface area contributed by atoms with E-state index >= 15 is 0 Å². The number of hydrogen-bond acceptors (Lipinski definition) is 4. The molecule has 0 amide bonds. The highest BCUT2D eigenvalue weighted by atomic mass is 79.9. The van der Waals surface area contributed by atoms with Crippen molar-refractivity contribution >= 4 is 43.4 Å². The van der Waals surface area contributed by atoms with Crippen molar-refractivity contribution in [1.82, 2.24) is 9.97 Å². The Kier molecular flexibility index (Phi) is 4.07. The SMILES string of the molecule is Cc1ccc(S(=O)(=O)Nc2nccnc2Cl)c(Br)c1. The molecule has 19 heavy (non-hydrogen) atoms. The zero-order valence-corrected chi connectivity index (χ0v) is 12.9. The van der Waals surface area contributed by atoms with E-state index in [0.29, 0.717) is 4.47 Å². The lowest BCUT2D eigenvalue weighted by Crippen LogP contribution is -2.15. The van der Waals surface area contributed by atoms with Gasteiger partial charge in [0.2, 0.25) is 0 Å². The summed E-state index contributed by atoms with van der Waals surface area (Å²) in [4.78, 5) is 7.70. The van der Waals surface area contributed by atoms with Gasteiger partial charge in [0.05, 0.1) is 0 Å². The maximum atomic E-state index is 12.2. The van der Waals surface area contributed by atoms with E-state index in [1.165, 1.54) is 18.5 Å². The van der Waals surface area contributed by atoms with Crippen LogP contribution in [0.3, 0.4) is 0 Å². The van der Waals surface area contributed by atoms with Crippen LogP contribution in [0.15, 0.2) is 40.0 Å². The van der Waals surface area contributed by atoms with E-state index in [0.717, 1.165) is 5.56 Å². The molecule has 2 rings (SSSR count). The Morgan fingerprint density at radius 1 is 1.26 bits per heavy atom. The van der Waals surface area contributed by atoms with E-state index in [4.69, 9.17) is 11.6 Å². The number of hydrogen-bond donors (Lipinski definition) is 1. The summed E-state index contributed by atoms with van der Waals surface area (Å²) in [6.07, 6.45) is 2.73. The number of anilines is 1. The van der Waals surface area contributed by atoms with Crippen LogP contribution in [-0.4, -0.2) is 18.4 Å². The highest BCUT2D eigenvalue weighted by Crippen LogP contribution is 2.26. The van der Waals surface area contributed by atoms with Gasteiger partial charge >= 0.3 is 0 Å². The largest absolute Gasteiger partial charge is 0.264 e. The third kappa shape index (κ3) is 3.23. The van der Waals surface area contributed by atoms with Gasteiger partial charge in [0.25, 0.3) is 10.0 Å². The van der Waals surface area contributed by atoms with Crippen molar-refractivity contribution in [1.29, 1.82) is 0 Å². The second kappa shape index (κ2) is 5.44. The smallest absolute Gasteiger partial charge is 0.261 e.